The van der Waals surface area contributed by atoms with Gasteiger partial charge in [0.05, 0.1) is 12.0 Å². The van der Waals surface area contributed by atoms with Crippen LogP contribution in [-0.2, 0) is 4.79 Å². The van der Waals surface area contributed by atoms with Gasteiger partial charge in [-0.25, -0.2) is 0 Å². The zero-order valence-electron chi connectivity index (χ0n) is 18.4. The van der Waals surface area contributed by atoms with Crippen molar-refractivity contribution in [3.05, 3.63) is 86.2 Å². The number of Topliss-reactive ketones (excluding diaryl/α,β-unsaturated/α-hetero) is 1. The molecule has 3 aromatic rings. The molecular weight excluding hydrogens is 502 g/mol. The Morgan fingerprint density at radius 1 is 1.06 bits per heavy atom. The van der Waals surface area contributed by atoms with Crippen LogP contribution in [0.15, 0.2) is 68.9 Å². The molecule has 0 bridgehead atoms. The number of amides is 1. The van der Waals surface area contributed by atoms with Crippen molar-refractivity contribution >= 4 is 51.1 Å². The van der Waals surface area contributed by atoms with E-state index in [-0.39, 0.29) is 18.3 Å². The van der Waals surface area contributed by atoms with Gasteiger partial charge in [0.2, 0.25) is 5.78 Å². The summed E-state index contributed by atoms with van der Waals surface area (Å²) >= 11 is 4.95. The molecule has 0 spiro atoms. The number of ketones is 1. The number of methoxy groups -OCH3 is 1. The first kappa shape index (κ1) is 23.1. The molecule has 1 aliphatic heterocycles. The number of halogens is 1. The van der Waals surface area contributed by atoms with Crippen LogP contribution in [-0.4, -0.2) is 25.4 Å². The minimum absolute atomic E-state index is 0.0186. The molecule has 0 radical (unpaired) electrons. The molecule has 5 nitrogen and oxygen atoms in total. The van der Waals surface area contributed by atoms with E-state index in [4.69, 9.17) is 9.47 Å². The number of ether oxygens (including phenoxy) is 2. The zero-order chi connectivity index (χ0) is 23.5. The highest BCUT2D eigenvalue weighted by molar-refractivity contribution is 9.10. The van der Waals surface area contributed by atoms with Gasteiger partial charge in [-0.15, -0.1) is 0 Å². The summed E-state index contributed by atoms with van der Waals surface area (Å²) in [6.07, 6.45) is 1.84. The third-order valence-corrected chi connectivity index (χ3v) is 7.37. The van der Waals surface area contributed by atoms with E-state index in [1.54, 1.807) is 19.2 Å². The van der Waals surface area contributed by atoms with Crippen molar-refractivity contribution in [1.82, 2.24) is 0 Å². The van der Waals surface area contributed by atoms with E-state index in [2.05, 4.69) is 21.2 Å². The van der Waals surface area contributed by atoms with Gasteiger partial charge in [0.1, 0.15) is 0 Å². The number of anilines is 1. The number of thioether (sulfide) groups is 1. The van der Waals surface area contributed by atoms with E-state index in [0.717, 1.165) is 37.3 Å². The third-order valence-electron chi connectivity index (χ3n) is 5.41. The molecule has 1 N–H and O–H groups in total. The molecule has 0 atom stereocenters. The van der Waals surface area contributed by atoms with Gasteiger partial charge >= 0.3 is 0 Å². The van der Waals surface area contributed by atoms with Crippen LogP contribution in [0, 0.1) is 13.8 Å². The summed E-state index contributed by atoms with van der Waals surface area (Å²) < 4.78 is 12.2. The minimum atomic E-state index is -0.265. The average molecular weight is 524 g/mol. The van der Waals surface area contributed by atoms with E-state index >= 15 is 0 Å². The number of nitrogens with one attached hydrogen (secondary N) is 1. The zero-order valence-corrected chi connectivity index (χ0v) is 20.8. The molecular formula is C26H22BrNO4S. The topological polar surface area (TPSA) is 64.6 Å². The highest BCUT2D eigenvalue weighted by Crippen LogP contribution is 2.41. The number of allylic oxidation sites excluding steroid dienone is 1. The molecule has 0 unspecified atom stereocenters. The van der Waals surface area contributed by atoms with Gasteiger partial charge in [-0.1, -0.05) is 45.9 Å². The van der Waals surface area contributed by atoms with Gasteiger partial charge in [-0.2, -0.15) is 0 Å². The number of rotatable bonds is 6. The Kier molecular flexibility index (Phi) is 6.91. The SMILES string of the molecule is COc1cc(/C=C2\Sc3ccccc3C2=O)ccc1OCC(=O)Nc1ccc(Br)c(C)c1C. The maximum absolute atomic E-state index is 12.6. The van der Waals surface area contributed by atoms with Gasteiger partial charge in [0, 0.05) is 20.6 Å². The van der Waals surface area contributed by atoms with Crippen molar-refractivity contribution in [2.24, 2.45) is 0 Å². The first-order valence-corrected chi connectivity index (χ1v) is 11.9. The molecule has 7 heteroatoms. The predicted molar refractivity (Wildman–Crippen MR) is 135 cm³/mol. The summed E-state index contributed by atoms with van der Waals surface area (Å²) in [5.41, 5.74) is 4.35. The number of fused-ring (bicyclic) bond motifs is 1. The quantitative estimate of drug-likeness (QED) is 0.377. The van der Waals surface area contributed by atoms with Crippen molar-refractivity contribution in [1.29, 1.82) is 0 Å². The summed E-state index contributed by atoms with van der Waals surface area (Å²) in [6.45, 7) is 3.79. The second-order valence-electron chi connectivity index (χ2n) is 7.53. The summed E-state index contributed by atoms with van der Waals surface area (Å²) in [5.74, 6) is 0.691. The van der Waals surface area contributed by atoms with E-state index in [1.807, 2.05) is 62.4 Å². The molecule has 1 heterocycles. The average Bonchev–Trinajstić information content (AvgIpc) is 3.13. The predicted octanol–water partition coefficient (Wildman–Crippen LogP) is 6.42. The van der Waals surface area contributed by atoms with Crippen LogP contribution in [0.2, 0.25) is 0 Å². The summed E-state index contributed by atoms with van der Waals surface area (Å²) in [4.78, 5) is 26.7. The second-order valence-corrected chi connectivity index (χ2v) is 9.47. The number of carbonyl (C=O) groups excluding carboxylic acids is 2. The Bertz CT molecular complexity index is 1290. The fourth-order valence-corrected chi connectivity index (χ4v) is 4.91. The van der Waals surface area contributed by atoms with Crippen LogP contribution >= 0.6 is 27.7 Å². The highest BCUT2D eigenvalue weighted by atomic mass is 79.9. The highest BCUT2D eigenvalue weighted by Gasteiger charge is 2.25. The first-order valence-electron chi connectivity index (χ1n) is 10.3. The Morgan fingerprint density at radius 2 is 1.85 bits per heavy atom. The number of hydrogen-bond acceptors (Lipinski definition) is 5. The lowest BCUT2D eigenvalue weighted by Crippen LogP contribution is -2.21. The van der Waals surface area contributed by atoms with E-state index in [9.17, 15) is 9.59 Å². The Hall–Kier alpha value is -3.03. The minimum Gasteiger partial charge on any atom is -0.493 e. The second kappa shape index (κ2) is 9.85. The van der Waals surface area contributed by atoms with Crippen LogP contribution in [0.5, 0.6) is 11.5 Å². The third kappa shape index (κ3) is 4.99. The normalized spacial score (nSPS) is 13.7. The molecule has 168 valence electrons. The summed E-state index contributed by atoms with van der Waals surface area (Å²) in [6, 6.07) is 16.7. The fourth-order valence-electron chi connectivity index (χ4n) is 3.43. The van der Waals surface area contributed by atoms with Gasteiger partial charge in [0.15, 0.2) is 18.1 Å². The molecule has 1 amide bonds. The summed E-state index contributed by atoms with van der Waals surface area (Å²) in [5, 5.41) is 2.88. The van der Waals surface area contributed by atoms with Gasteiger partial charge < -0.3 is 14.8 Å². The molecule has 0 fully saturated rings. The van der Waals surface area contributed by atoms with Crippen molar-refractivity contribution < 1.29 is 19.1 Å². The maximum Gasteiger partial charge on any atom is 0.262 e. The lowest BCUT2D eigenvalue weighted by molar-refractivity contribution is -0.118. The Balaban J connectivity index is 1.44. The fraction of sp³-hybridized carbons (Fsp3) is 0.154. The molecule has 0 saturated heterocycles. The van der Waals surface area contributed by atoms with Crippen molar-refractivity contribution in [2.75, 3.05) is 19.0 Å². The maximum atomic E-state index is 12.6. The van der Waals surface area contributed by atoms with Crippen LogP contribution in [0.25, 0.3) is 6.08 Å². The Morgan fingerprint density at radius 3 is 2.61 bits per heavy atom. The Labute approximate surface area is 205 Å². The number of carbonyl (C=O) groups is 2. The van der Waals surface area contributed by atoms with Crippen LogP contribution in [0.4, 0.5) is 5.69 Å². The number of benzene rings is 3. The molecule has 4 rings (SSSR count). The molecule has 33 heavy (non-hydrogen) atoms. The lowest BCUT2D eigenvalue weighted by atomic mass is 10.1. The van der Waals surface area contributed by atoms with Crippen LogP contribution in [0.1, 0.15) is 27.0 Å². The van der Waals surface area contributed by atoms with Gasteiger partial charge in [-0.3, -0.25) is 9.59 Å². The van der Waals surface area contributed by atoms with Crippen molar-refractivity contribution in [3.8, 4) is 11.5 Å². The van der Waals surface area contributed by atoms with Crippen molar-refractivity contribution in [3.63, 3.8) is 0 Å². The molecule has 3 aromatic carbocycles. The standard InChI is InChI=1S/C26H22BrNO4S/c1-15-16(2)20(10-9-19(15)27)28-25(29)14-32-21-11-8-17(12-22(21)31-3)13-24-26(30)18-6-4-5-7-23(18)33-24/h4-13H,14H2,1-3H3,(H,28,29)/b24-13-. The molecule has 1 aliphatic rings. The smallest absolute Gasteiger partial charge is 0.262 e. The first-order chi connectivity index (χ1) is 15.9. The molecule has 0 saturated carbocycles. The van der Waals surface area contributed by atoms with Crippen LogP contribution in [0.3, 0.4) is 0 Å². The van der Waals surface area contributed by atoms with E-state index in [0.29, 0.717) is 16.4 Å². The monoisotopic (exact) mass is 523 g/mol. The molecule has 0 aliphatic carbocycles. The van der Waals surface area contributed by atoms with E-state index in [1.165, 1.54) is 11.8 Å². The largest absolute Gasteiger partial charge is 0.493 e. The van der Waals surface area contributed by atoms with Crippen molar-refractivity contribution in [2.45, 2.75) is 18.7 Å². The summed E-state index contributed by atoms with van der Waals surface area (Å²) in [7, 11) is 1.54. The lowest BCUT2D eigenvalue weighted by Gasteiger charge is -2.14. The molecule has 0 aromatic heterocycles. The van der Waals surface area contributed by atoms with Crippen LogP contribution < -0.4 is 14.8 Å². The van der Waals surface area contributed by atoms with Gasteiger partial charge in [0.25, 0.3) is 5.91 Å². The van der Waals surface area contributed by atoms with Gasteiger partial charge in [-0.05, 0) is 73.0 Å². The number of hydrogen-bond donors (Lipinski definition) is 1. The van der Waals surface area contributed by atoms with E-state index < -0.39 is 0 Å².